The van der Waals surface area contributed by atoms with Crippen molar-refractivity contribution < 1.29 is 27.3 Å². The summed E-state index contributed by atoms with van der Waals surface area (Å²) in [6.45, 7) is 2.94. The van der Waals surface area contributed by atoms with E-state index in [9.17, 15) is 22.8 Å². The van der Waals surface area contributed by atoms with Crippen LogP contribution in [0.5, 0.6) is 0 Å². The third-order valence-electron chi connectivity index (χ3n) is 4.69. The van der Waals surface area contributed by atoms with Crippen LogP contribution in [0.1, 0.15) is 50.8 Å². The maximum absolute atomic E-state index is 13.1. The molecule has 0 aliphatic rings. The number of carbonyl (C=O) groups excluding carboxylic acids is 2. The third kappa shape index (κ3) is 4.67. The summed E-state index contributed by atoms with van der Waals surface area (Å²) in [6.07, 6.45) is -3.29. The van der Waals surface area contributed by atoms with Gasteiger partial charge >= 0.3 is 6.18 Å². The first-order chi connectivity index (χ1) is 15.6. The molecule has 4 rings (SSSR count). The zero-order chi connectivity index (χ0) is 23.8. The molecule has 0 saturated carbocycles. The van der Waals surface area contributed by atoms with Gasteiger partial charge in [0.25, 0.3) is 11.8 Å². The first-order valence-electron chi connectivity index (χ1n) is 9.44. The Labute approximate surface area is 188 Å². The Morgan fingerprint density at radius 3 is 2.67 bits per heavy atom. The van der Waals surface area contributed by atoms with Crippen molar-refractivity contribution in [3.63, 3.8) is 0 Å². The van der Waals surface area contributed by atoms with Gasteiger partial charge in [0.2, 0.25) is 5.76 Å². The van der Waals surface area contributed by atoms with Gasteiger partial charge in [-0.05, 0) is 31.5 Å². The average Bonchev–Trinajstić information content (AvgIpc) is 3.43. The summed E-state index contributed by atoms with van der Waals surface area (Å²) < 4.78 is 44.3. The Morgan fingerprint density at radius 2 is 1.91 bits per heavy atom. The second kappa shape index (κ2) is 8.58. The quantitative estimate of drug-likeness (QED) is 0.444. The Balaban J connectivity index is 1.46. The molecule has 0 saturated heterocycles. The van der Waals surface area contributed by atoms with Crippen LogP contribution in [0.4, 0.5) is 18.9 Å². The topological polar surface area (TPSA) is 123 Å². The lowest BCUT2D eigenvalue weighted by Gasteiger charge is -2.12. The molecule has 33 heavy (non-hydrogen) atoms. The molecule has 1 atom stereocenters. The smallest absolute Gasteiger partial charge is 0.351 e. The number of thiazole rings is 1. The molecule has 9 nitrogen and oxygen atoms in total. The van der Waals surface area contributed by atoms with Crippen LogP contribution < -0.4 is 10.6 Å². The van der Waals surface area contributed by atoms with Gasteiger partial charge in [0, 0.05) is 11.8 Å². The molecule has 3 aromatic heterocycles. The highest BCUT2D eigenvalue weighted by Gasteiger charge is 2.32. The molecule has 3 heterocycles. The van der Waals surface area contributed by atoms with Gasteiger partial charge in [-0.2, -0.15) is 13.2 Å². The lowest BCUT2D eigenvalue weighted by molar-refractivity contribution is -0.138. The molecule has 0 radical (unpaired) electrons. The number of nitrogens with zero attached hydrogens (tertiary/aromatic N) is 4. The minimum absolute atomic E-state index is 0.0330. The number of aromatic nitrogens is 4. The van der Waals surface area contributed by atoms with Crippen molar-refractivity contribution in [2.75, 3.05) is 5.32 Å². The summed E-state index contributed by atoms with van der Waals surface area (Å²) in [5.74, 6) is -1.54. The summed E-state index contributed by atoms with van der Waals surface area (Å²) in [5, 5.41) is 8.80. The number of amides is 2. The second-order valence-corrected chi connectivity index (χ2v) is 7.85. The fourth-order valence-corrected chi connectivity index (χ4v) is 3.62. The fraction of sp³-hybridized carbons (Fsp3) is 0.200. The third-order valence-corrected chi connectivity index (χ3v) is 5.43. The van der Waals surface area contributed by atoms with E-state index in [0.717, 1.165) is 6.07 Å². The molecule has 0 bridgehead atoms. The van der Waals surface area contributed by atoms with Gasteiger partial charge in [-0.3, -0.25) is 9.59 Å². The first kappa shape index (κ1) is 22.3. The van der Waals surface area contributed by atoms with Crippen LogP contribution in [-0.4, -0.2) is 31.9 Å². The number of hydrogen-bond donors (Lipinski definition) is 2. The Morgan fingerprint density at radius 1 is 1.12 bits per heavy atom. The van der Waals surface area contributed by atoms with Crippen LogP contribution in [0.3, 0.4) is 0 Å². The molecule has 2 amide bonds. The first-order valence-corrected chi connectivity index (χ1v) is 10.3. The van der Waals surface area contributed by atoms with E-state index in [-0.39, 0.29) is 28.4 Å². The zero-order valence-electron chi connectivity index (χ0n) is 17.1. The largest absolute Gasteiger partial charge is 0.416 e. The maximum atomic E-state index is 13.1. The highest BCUT2D eigenvalue weighted by molar-refractivity contribution is 7.16. The highest BCUT2D eigenvalue weighted by atomic mass is 32.1. The van der Waals surface area contributed by atoms with Gasteiger partial charge in [-0.1, -0.05) is 11.2 Å². The number of alkyl halides is 3. The second-order valence-electron chi connectivity index (χ2n) is 7.02. The van der Waals surface area contributed by atoms with Crippen LogP contribution >= 0.6 is 11.3 Å². The number of anilines is 1. The number of hydrogen-bond acceptors (Lipinski definition) is 8. The van der Waals surface area contributed by atoms with Crippen LogP contribution in [0.25, 0.3) is 10.3 Å². The van der Waals surface area contributed by atoms with Gasteiger partial charge in [-0.25, -0.2) is 15.0 Å². The standard InChI is InChI=1S/C20H15F3N6O3S/c1-9-3-4-11(5-12(9)20(21,22)23)28-17(30)14-6-13(29-32-14)10(2)27-18(31)15-16-19(25-7-24-15)33-8-26-16/h3-8,10H,1-2H3,(H,27,31)(H,28,30)/t10-/m1/s1. The number of nitrogens with one attached hydrogen (secondary N) is 2. The van der Waals surface area contributed by atoms with E-state index in [2.05, 4.69) is 30.7 Å². The van der Waals surface area contributed by atoms with Crippen LogP contribution in [0.2, 0.25) is 0 Å². The number of rotatable bonds is 5. The van der Waals surface area contributed by atoms with Gasteiger partial charge in [0.1, 0.15) is 22.4 Å². The van der Waals surface area contributed by atoms with Crippen molar-refractivity contribution in [1.82, 2.24) is 25.4 Å². The number of fused-ring (bicyclic) bond motifs is 1. The minimum atomic E-state index is -4.55. The van der Waals surface area contributed by atoms with Gasteiger partial charge in [0.05, 0.1) is 17.1 Å². The molecular formula is C20H15F3N6O3S. The SMILES string of the molecule is Cc1ccc(NC(=O)c2cc([C@@H](C)NC(=O)c3ncnc4scnc34)no2)cc1C(F)(F)F. The summed E-state index contributed by atoms with van der Waals surface area (Å²) in [5.41, 5.74) is 1.37. The van der Waals surface area contributed by atoms with Crippen LogP contribution in [0, 0.1) is 6.92 Å². The summed E-state index contributed by atoms with van der Waals surface area (Å²) in [6, 6.07) is 4.08. The Bertz CT molecular complexity index is 1350. The molecule has 0 spiro atoms. The van der Waals surface area contributed by atoms with Crippen molar-refractivity contribution >= 4 is 39.2 Å². The molecule has 0 aliphatic carbocycles. The molecule has 4 aromatic rings. The van der Waals surface area contributed by atoms with Crippen molar-refractivity contribution in [2.24, 2.45) is 0 Å². The minimum Gasteiger partial charge on any atom is -0.351 e. The predicted molar refractivity (Wildman–Crippen MR) is 112 cm³/mol. The number of aryl methyl sites for hydroxylation is 1. The van der Waals surface area contributed by atoms with E-state index in [1.54, 1.807) is 12.4 Å². The van der Waals surface area contributed by atoms with Crippen LogP contribution in [0.15, 0.2) is 40.6 Å². The van der Waals surface area contributed by atoms with E-state index in [1.165, 1.54) is 42.8 Å². The molecule has 2 N–H and O–H groups in total. The Kier molecular flexibility index (Phi) is 5.80. The monoisotopic (exact) mass is 476 g/mol. The summed E-state index contributed by atoms with van der Waals surface area (Å²) in [4.78, 5) is 37.7. The molecule has 13 heteroatoms. The maximum Gasteiger partial charge on any atom is 0.416 e. The number of carbonyl (C=O) groups is 2. The van der Waals surface area contributed by atoms with Gasteiger partial charge < -0.3 is 15.2 Å². The molecule has 0 fully saturated rings. The molecular weight excluding hydrogens is 461 g/mol. The predicted octanol–water partition coefficient (Wildman–Crippen LogP) is 4.14. The summed E-state index contributed by atoms with van der Waals surface area (Å²) >= 11 is 1.27. The molecule has 0 aliphatic heterocycles. The average molecular weight is 476 g/mol. The van der Waals surface area contributed by atoms with E-state index in [1.807, 2.05) is 0 Å². The number of benzene rings is 1. The van der Waals surface area contributed by atoms with Crippen molar-refractivity contribution in [3.05, 3.63) is 64.4 Å². The Hall–Kier alpha value is -3.87. The van der Waals surface area contributed by atoms with Gasteiger partial charge in [-0.15, -0.1) is 11.3 Å². The van der Waals surface area contributed by atoms with E-state index < -0.39 is 29.6 Å². The fourth-order valence-electron chi connectivity index (χ4n) is 3.00. The van der Waals surface area contributed by atoms with Gasteiger partial charge in [0.15, 0.2) is 5.69 Å². The zero-order valence-corrected chi connectivity index (χ0v) is 17.9. The lowest BCUT2D eigenvalue weighted by Crippen LogP contribution is -2.28. The number of halogens is 3. The molecule has 170 valence electrons. The summed E-state index contributed by atoms with van der Waals surface area (Å²) in [7, 11) is 0. The van der Waals surface area contributed by atoms with Crippen molar-refractivity contribution in [2.45, 2.75) is 26.1 Å². The normalized spacial score (nSPS) is 12.5. The highest BCUT2D eigenvalue weighted by Crippen LogP contribution is 2.33. The van der Waals surface area contributed by atoms with E-state index in [4.69, 9.17) is 4.52 Å². The van der Waals surface area contributed by atoms with Crippen molar-refractivity contribution in [3.8, 4) is 0 Å². The van der Waals surface area contributed by atoms with Crippen molar-refractivity contribution in [1.29, 1.82) is 0 Å². The van der Waals surface area contributed by atoms with E-state index >= 15 is 0 Å². The molecule has 0 unspecified atom stereocenters. The van der Waals surface area contributed by atoms with Crippen LogP contribution in [-0.2, 0) is 6.18 Å². The van der Waals surface area contributed by atoms with E-state index in [0.29, 0.717) is 10.3 Å². The lowest BCUT2D eigenvalue weighted by atomic mass is 10.1. The molecule has 1 aromatic carbocycles.